The minimum Gasteiger partial charge on any atom is -0.501 e. The summed E-state index contributed by atoms with van der Waals surface area (Å²) >= 11 is 0. The van der Waals surface area contributed by atoms with Gasteiger partial charge in [-0.2, -0.15) is 0 Å². The molecule has 0 unspecified atom stereocenters. The van der Waals surface area contributed by atoms with Crippen LogP contribution in [0.15, 0.2) is 126 Å². The number of fused-ring (bicyclic) bond motifs is 4. The standard InChI is InChI=1S/C39H35N2O.C22H30NSi.Ir/c1-23(2)31-21-28(27-13-8-7-9-14-27)22-32(24(3)4)37(31)41-34-18-11-10-17-33(34)40-39(41)30-16-12-15-29-36-26(6)19-25(5)20-35(36)42-38(29)30;1-17-10-12-19(13-11-17)21-15-20(14-18-8-6-5-7-9-18)22(16-23-21)24(2,3)4;/h7-15,17-24H,1-6H3;10-12,15-16,18H,5-9,14H2,1-4H3;/q2*-1;/i;1D3,14D2;. The van der Waals surface area contributed by atoms with Gasteiger partial charge in [-0.15, -0.1) is 53.6 Å². The summed E-state index contributed by atoms with van der Waals surface area (Å²) in [5, 5.41) is 3.32. The molecule has 9 aromatic rings. The molecule has 3 heterocycles. The van der Waals surface area contributed by atoms with E-state index in [9.17, 15) is 0 Å². The summed E-state index contributed by atoms with van der Waals surface area (Å²) in [6.07, 6.45) is 5.68. The van der Waals surface area contributed by atoms with Gasteiger partial charge < -0.3 is 14.0 Å². The molecule has 67 heavy (non-hydrogen) atoms. The third kappa shape index (κ3) is 9.95. The van der Waals surface area contributed by atoms with E-state index in [0.717, 1.165) is 80.8 Å². The Morgan fingerprint density at radius 2 is 1.52 bits per heavy atom. The molecule has 345 valence electrons. The van der Waals surface area contributed by atoms with E-state index < -0.39 is 21.3 Å². The Morgan fingerprint density at radius 3 is 2.19 bits per heavy atom. The molecule has 0 N–H and O–H groups in total. The molecule has 0 amide bonds. The predicted octanol–water partition coefficient (Wildman–Crippen LogP) is 16.4. The monoisotopic (exact) mass is 1080 g/mol. The first-order valence-electron chi connectivity index (χ1n) is 26.3. The van der Waals surface area contributed by atoms with Crippen LogP contribution in [0.2, 0.25) is 19.6 Å². The van der Waals surface area contributed by atoms with Gasteiger partial charge in [0.25, 0.3) is 0 Å². The van der Waals surface area contributed by atoms with Crippen molar-refractivity contribution in [1.29, 1.82) is 0 Å². The minimum absolute atomic E-state index is 0. The zero-order valence-corrected chi connectivity index (χ0v) is 43.8. The Bertz CT molecular complexity index is 3350. The molecule has 0 atom stereocenters. The van der Waals surface area contributed by atoms with E-state index in [2.05, 4.69) is 168 Å². The second-order valence-corrected chi connectivity index (χ2v) is 25.0. The average Bonchev–Trinajstić information content (AvgIpc) is 3.92. The fraction of sp³-hybridized carbons (Fsp3) is 0.311. The van der Waals surface area contributed by atoms with Crippen molar-refractivity contribution < 1.29 is 31.4 Å². The number of para-hydroxylation sites is 2. The maximum Gasteiger partial charge on any atom is 0.121 e. The van der Waals surface area contributed by atoms with Crippen molar-refractivity contribution in [1.82, 2.24) is 14.5 Å². The van der Waals surface area contributed by atoms with Crippen molar-refractivity contribution in [2.24, 2.45) is 5.92 Å². The van der Waals surface area contributed by atoms with E-state index in [1.165, 1.54) is 51.6 Å². The van der Waals surface area contributed by atoms with E-state index >= 15 is 0 Å². The number of hydrogen-bond donors (Lipinski definition) is 0. The Kier molecular flexibility index (Phi) is 12.5. The molecule has 0 aliphatic heterocycles. The second kappa shape index (κ2) is 20.1. The molecule has 1 aliphatic carbocycles. The fourth-order valence-electron chi connectivity index (χ4n) is 9.82. The summed E-state index contributed by atoms with van der Waals surface area (Å²) in [4.78, 5) is 9.90. The summed E-state index contributed by atoms with van der Waals surface area (Å²) in [6.45, 7) is 17.9. The van der Waals surface area contributed by atoms with E-state index in [1.54, 1.807) is 12.1 Å². The van der Waals surface area contributed by atoms with Crippen LogP contribution in [0.25, 0.3) is 72.4 Å². The molecule has 6 aromatic carbocycles. The summed E-state index contributed by atoms with van der Waals surface area (Å²) in [5.41, 5.74) is 15.7. The van der Waals surface area contributed by atoms with Crippen LogP contribution >= 0.6 is 0 Å². The topological polar surface area (TPSA) is 43.9 Å². The summed E-state index contributed by atoms with van der Waals surface area (Å²) in [5.74, 6) is 1.48. The van der Waals surface area contributed by atoms with Crippen LogP contribution in [-0.4, -0.2) is 22.6 Å². The van der Waals surface area contributed by atoms with Gasteiger partial charge in [-0.25, -0.2) is 0 Å². The summed E-state index contributed by atoms with van der Waals surface area (Å²) in [6, 6.07) is 45.7. The third-order valence-electron chi connectivity index (χ3n) is 13.2. The number of imidazole rings is 1. The van der Waals surface area contributed by atoms with Crippen LogP contribution in [0.5, 0.6) is 0 Å². The molecular formula is C61H65IrN3OSi-2. The van der Waals surface area contributed by atoms with Crippen LogP contribution in [-0.2, 0) is 26.5 Å². The number of aromatic nitrogens is 3. The van der Waals surface area contributed by atoms with Crippen molar-refractivity contribution in [3.05, 3.63) is 167 Å². The van der Waals surface area contributed by atoms with Crippen LogP contribution in [0.4, 0.5) is 0 Å². The number of hydrogen-bond acceptors (Lipinski definition) is 3. The molecule has 0 bridgehead atoms. The third-order valence-corrected chi connectivity index (χ3v) is 15.2. The quantitative estimate of drug-likeness (QED) is 0.107. The normalized spacial score (nSPS) is 14.9. The van der Waals surface area contributed by atoms with Crippen LogP contribution < -0.4 is 5.19 Å². The predicted molar refractivity (Wildman–Crippen MR) is 282 cm³/mol. The molecule has 1 saturated carbocycles. The van der Waals surface area contributed by atoms with Crippen LogP contribution in [0.3, 0.4) is 0 Å². The van der Waals surface area contributed by atoms with Crippen LogP contribution in [0.1, 0.15) is 112 Å². The Hall–Kier alpha value is -5.39. The maximum absolute atomic E-state index is 9.03. The molecule has 0 spiro atoms. The number of aryl methyl sites for hydroxylation is 3. The molecule has 6 heteroatoms. The van der Waals surface area contributed by atoms with E-state index in [-0.39, 0.29) is 31.6 Å². The first kappa shape index (κ1) is 41.8. The van der Waals surface area contributed by atoms with Crippen molar-refractivity contribution in [3.63, 3.8) is 0 Å². The van der Waals surface area contributed by atoms with Crippen molar-refractivity contribution in [2.75, 3.05) is 0 Å². The van der Waals surface area contributed by atoms with E-state index in [4.69, 9.17) is 16.3 Å². The van der Waals surface area contributed by atoms with Crippen molar-refractivity contribution in [3.8, 4) is 39.5 Å². The Morgan fingerprint density at radius 1 is 0.806 bits per heavy atom. The van der Waals surface area contributed by atoms with Gasteiger partial charge in [0.15, 0.2) is 0 Å². The van der Waals surface area contributed by atoms with Gasteiger partial charge >= 0.3 is 0 Å². The molecule has 10 rings (SSSR count). The largest absolute Gasteiger partial charge is 0.501 e. The van der Waals surface area contributed by atoms with Gasteiger partial charge in [-0.1, -0.05) is 157 Å². The average molecular weight is 1080 g/mol. The summed E-state index contributed by atoms with van der Waals surface area (Å²) in [7, 11) is -1.80. The van der Waals surface area contributed by atoms with Gasteiger partial charge in [-0.3, -0.25) is 4.98 Å². The first-order chi connectivity index (χ1) is 33.7. The van der Waals surface area contributed by atoms with Crippen LogP contribution in [0, 0.1) is 38.8 Å². The van der Waals surface area contributed by atoms with Gasteiger partial charge in [0.05, 0.1) is 30.5 Å². The fourth-order valence-corrected chi connectivity index (χ4v) is 11.2. The molecule has 1 radical (unpaired) electrons. The molecule has 4 nitrogen and oxygen atoms in total. The smallest absolute Gasteiger partial charge is 0.121 e. The van der Waals surface area contributed by atoms with Gasteiger partial charge in [0, 0.05) is 44.2 Å². The molecule has 3 aromatic heterocycles. The van der Waals surface area contributed by atoms with Gasteiger partial charge in [-0.05, 0) is 113 Å². The van der Waals surface area contributed by atoms with E-state index in [0.29, 0.717) is 23.1 Å². The number of rotatable bonds is 9. The minimum atomic E-state index is -2.16. The molecule has 1 fully saturated rings. The Balaban J connectivity index is 0.000000204. The Labute approximate surface area is 420 Å². The first-order valence-corrected chi connectivity index (χ1v) is 27.3. The van der Waals surface area contributed by atoms with Gasteiger partial charge in [0.2, 0.25) is 0 Å². The number of furan rings is 1. The second-order valence-electron chi connectivity index (χ2n) is 19.9. The number of nitrogens with zero attached hydrogens (tertiary/aromatic N) is 3. The van der Waals surface area contributed by atoms with E-state index in [1.807, 2.05) is 18.3 Å². The zero-order valence-electron chi connectivity index (χ0n) is 45.4. The van der Waals surface area contributed by atoms with Crippen molar-refractivity contribution >= 4 is 46.2 Å². The zero-order chi connectivity index (χ0) is 50.6. The molecular weight excluding hydrogens is 1010 g/mol. The molecule has 1 aliphatic rings. The maximum atomic E-state index is 9.03. The SMILES string of the molecule is Cc1cc(C)c2c(c1)oc1c(-c3nc4ccccc4n3-c3c(C(C)C)cc(-c4ccccc4)cc3C(C)C)[c-]ccc12.[2H]C([2H])([2H])c1c[c-]c(-c2cc(C([2H])([2H])C3CCCCC3)c([Si](C)(C)C)cn2)cc1.[Ir]. The van der Waals surface area contributed by atoms with Crippen molar-refractivity contribution in [2.45, 2.75) is 118 Å². The summed E-state index contributed by atoms with van der Waals surface area (Å²) < 4.78 is 49.6. The number of pyridine rings is 1. The van der Waals surface area contributed by atoms with Gasteiger partial charge in [0.1, 0.15) is 5.58 Å². The molecule has 0 saturated heterocycles. The number of benzene rings is 6.